The van der Waals surface area contributed by atoms with Gasteiger partial charge < -0.3 is 10.6 Å². The molecule has 1 saturated carbocycles. The molecule has 2 N–H and O–H groups in total. The largest absolute Gasteiger partial charge is 0.356 e. The first-order chi connectivity index (χ1) is 9.34. The summed E-state index contributed by atoms with van der Waals surface area (Å²) in [6.07, 6.45) is 10.2. The highest BCUT2D eigenvalue weighted by molar-refractivity contribution is 7.99. The molecule has 1 atom stereocenters. The number of carbonyl (C=O) groups excluding carboxylic acids is 1. The number of amides is 1. The number of unbranched alkanes of at least 4 members (excludes halogenated alkanes) is 1. The maximum atomic E-state index is 11.8. The predicted octanol–water partition coefficient (Wildman–Crippen LogP) is 2.56. The monoisotopic (exact) mass is 284 g/mol. The molecule has 3 nitrogen and oxygen atoms in total. The summed E-state index contributed by atoms with van der Waals surface area (Å²) in [5.41, 5.74) is 0. The van der Waals surface area contributed by atoms with Crippen LogP contribution in [0.5, 0.6) is 0 Å². The molecule has 2 aliphatic rings. The van der Waals surface area contributed by atoms with Crippen LogP contribution >= 0.6 is 11.8 Å². The molecule has 0 aromatic heterocycles. The number of thioether (sulfide) groups is 1. The predicted molar refractivity (Wildman–Crippen MR) is 82.6 cm³/mol. The van der Waals surface area contributed by atoms with Gasteiger partial charge in [-0.25, -0.2) is 0 Å². The summed E-state index contributed by atoms with van der Waals surface area (Å²) in [4.78, 5) is 11.8. The van der Waals surface area contributed by atoms with Gasteiger partial charge in [0.1, 0.15) is 0 Å². The lowest BCUT2D eigenvalue weighted by Crippen LogP contribution is -2.41. The van der Waals surface area contributed by atoms with Gasteiger partial charge in [-0.05, 0) is 12.3 Å². The van der Waals surface area contributed by atoms with E-state index in [-0.39, 0.29) is 5.91 Å². The quantitative estimate of drug-likeness (QED) is 0.706. The van der Waals surface area contributed by atoms with Crippen LogP contribution in [-0.2, 0) is 4.79 Å². The highest BCUT2D eigenvalue weighted by atomic mass is 32.2. The van der Waals surface area contributed by atoms with E-state index in [2.05, 4.69) is 10.6 Å². The highest BCUT2D eigenvalue weighted by Crippen LogP contribution is 2.28. The van der Waals surface area contributed by atoms with Crippen molar-refractivity contribution in [2.24, 2.45) is 5.92 Å². The van der Waals surface area contributed by atoms with Gasteiger partial charge in [-0.15, -0.1) is 0 Å². The van der Waals surface area contributed by atoms with Crippen molar-refractivity contribution in [1.82, 2.24) is 10.6 Å². The highest BCUT2D eigenvalue weighted by Gasteiger charge is 2.16. The molecule has 2 rings (SSSR count). The average Bonchev–Trinajstić information content (AvgIpc) is 2.92. The lowest BCUT2D eigenvalue weighted by atomic mass is 10.0. The van der Waals surface area contributed by atoms with Crippen LogP contribution in [0.3, 0.4) is 0 Å². The summed E-state index contributed by atoms with van der Waals surface area (Å²) in [7, 11) is 0. The van der Waals surface area contributed by atoms with Crippen LogP contribution in [0.2, 0.25) is 0 Å². The molecule has 0 aromatic rings. The van der Waals surface area contributed by atoms with Crippen molar-refractivity contribution in [2.45, 2.75) is 57.4 Å². The Morgan fingerprint density at radius 1 is 1.26 bits per heavy atom. The molecular formula is C15H28N2OS. The summed E-state index contributed by atoms with van der Waals surface area (Å²) < 4.78 is 0. The van der Waals surface area contributed by atoms with Crippen molar-refractivity contribution in [2.75, 3.05) is 24.6 Å². The maximum Gasteiger partial charge on any atom is 0.221 e. The van der Waals surface area contributed by atoms with E-state index in [4.69, 9.17) is 0 Å². The zero-order valence-corrected chi connectivity index (χ0v) is 12.8. The Bertz CT molecular complexity index is 261. The molecule has 0 aromatic carbocycles. The molecule has 1 aliphatic heterocycles. The van der Waals surface area contributed by atoms with Crippen molar-refractivity contribution in [3.8, 4) is 0 Å². The zero-order valence-electron chi connectivity index (χ0n) is 12.0. The average molecular weight is 284 g/mol. The lowest BCUT2D eigenvalue weighted by molar-refractivity contribution is -0.121. The lowest BCUT2D eigenvalue weighted by Gasteiger charge is -2.22. The first-order valence-electron chi connectivity index (χ1n) is 7.92. The fraction of sp³-hybridized carbons (Fsp3) is 0.933. The van der Waals surface area contributed by atoms with Crippen LogP contribution in [0, 0.1) is 5.92 Å². The Morgan fingerprint density at radius 2 is 2.11 bits per heavy atom. The van der Waals surface area contributed by atoms with E-state index in [9.17, 15) is 4.79 Å². The van der Waals surface area contributed by atoms with Crippen LogP contribution in [-0.4, -0.2) is 36.5 Å². The minimum atomic E-state index is 0.223. The number of hydrogen-bond acceptors (Lipinski definition) is 3. The molecule has 19 heavy (non-hydrogen) atoms. The fourth-order valence-corrected chi connectivity index (χ4v) is 4.08. The summed E-state index contributed by atoms with van der Waals surface area (Å²) >= 11 is 1.95. The third-order valence-electron chi connectivity index (χ3n) is 4.27. The Balaban J connectivity index is 1.44. The van der Waals surface area contributed by atoms with Gasteiger partial charge in [0.2, 0.25) is 5.91 Å². The Morgan fingerprint density at radius 3 is 2.84 bits per heavy atom. The van der Waals surface area contributed by atoms with Crippen LogP contribution in [0.15, 0.2) is 0 Å². The molecule has 1 saturated heterocycles. The normalized spacial score (nSPS) is 24.5. The SMILES string of the molecule is O=C(CC1CSCCN1)NCCCCC1CCCC1. The number of nitrogens with one attached hydrogen (secondary N) is 2. The van der Waals surface area contributed by atoms with Crippen LogP contribution in [0.25, 0.3) is 0 Å². The van der Waals surface area contributed by atoms with Gasteiger partial charge in [0.15, 0.2) is 0 Å². The van der Waals surface area contributed by atoms with Gasteiger partial charge >= 0.3 is 0 Å². The number of hydrogen-bond donors (Lipinski definition) is 2. The zero-order chi connectivity index (χ0) is 13.3. The molecule has 1 amide bonds. The molecule has 0 radical (unpaired) electrons. The summed E-state index contributed by atoms with van der Waals surface area (Å²) in [6, 6.07) is 0.386. The summed E-state index contributed by atoms with van der Waals surface area (Å²) in [6.45, 7) is 1.91. The molecular weight excluding hydrogens is 256 g/mol. The van der Waals surface area contributed by atoms with Gasteiger partial charge in [-0.1, -0.05) is 38.5 Å². The minimum absolute atomic E-state index is 0.223. The molecule has 1 unspecified atom stereocenters. The van der Waals surface area contributed by atoms with E-state index in [1.807, 2.05) is 11.8 Å². The van der Waals surface area contributed by atoms with Crippen molar-refractivity contribution in [3.05, 3.63) is 0 Å². The minimum Gasteiger partial charge on any atom is -0.356 e. The topological polar surface area (TPSA) is 41.1 Å². The van der Waals surface area contributed by atoms with Crippen LogP contribution in [0.1, 0.15) is 51.4 Å². The van der Waals surface area contributed by atoms with Crippen molar-refractivity contribution in [3.63, 3.8) is 0 Å². The molecule has 2 fully saturated rings. The second-order valence-electron chi connectivity index (χ2n) is 5.93. The molecule has 1 heterocycles. The van der Waals surface area contributed by atoms with Crippen LogP contribution < -0.4 is 10.6 Å². The van der Waals surface area contributed by atoms with Crippen molar-refractivity contribution < 1.29 is 4.79 Å². The van der Waals surface area contributed by atoms with E-state index >= 15 is 0 Å². The van der Waals surface area contributed by atoms with E-state index in [0.717, 1.165) is 31.2 Å². The number of carbonyl (C=O) groups is 1. The van der Waals surface area contributed by atoms with Crippen molar-refractivity contribution in [1.29, 1.82) is 0 Å². The molecule has 110 valence electrons. The van der Waals surface area contributed by atoms with Gasteiger partial charge in [0, 0.05) is 37.1 Å². The second kappa shape index (κ2) is 8.85. The molecule has 4 heteroatoms. The third kappa shape index (κ3) is 6.17. The second-order valence-corrected chi connectivity index (χ2v) is 7.08. The first kappa shape index (κ1) is 15.2. The van der Waals surface area contributed by atoms with Crippen LogP contribution in [0.4, 0.5) is 0 Å². The third-order valence-corrected chi connectivity index (χ3v) is 5.40. The standard InChI is InChI=1S/C15H28N2OS/c18-15(11-14-12-19-10-9-16-14)17-8-4-3-7-13-5-1-2-6-13/h13-14,16H,1-12H2,(H,17,18). The van der Waals surface area contributed by atoms with Gasteiger partial charge in [0.25, 0.3) is 0 Å². The van der Waals surface area contributed by atoms with Crippen molar-refractivity contribution >= 4 is 17.7 Å². The van der Waals surface area contributed by atoms with E-state index in [1.165, 1.54) is 44.3 Å². The first-order valence-corrected chi connectivity index (χ1v) is 9.08. The molecule has 0 bridgehead atoms. The number of rotatable bonds is 7. The van der Waals surface area contributed by atoms with E-state index in [0.29, 0.717) is 12.5 Å². The summed E-state index contributed by atoms with van der Waals surface area (Å²) in [5, 5.41) is 6.47. The van der Waals surface area contributed by atoms with E-state index < -0.39 is 0 Å². The summed E-state index contributed by atoms with van der Waals surface area (Å²) in [5.74, 6) is 3.47. The molecule has 0 spiro atoms. The Hall–Kier alpha value is -0.220. The van der Waals surface area contributed by atoms with Gasteiger partial charge in [-0.3, -0.25) is 4.79 Å². The smallest absolute Gasteiger partial charge is 0.221 e. The maximum absolute atomic E-state index is 11.8. The molecule has 1 aliphatic carbocycles. The fourth-order valence-electron chi connectivity index (χ4n) is 3.13. The van der Waals surface area contributed by atoms with E-state index in [1.54, 1.807) is 0 Å². The Labute approximate surface area is 121 Å². The Kier molecular flexibility index (Phi) is 7.07. The van der Waals surface area contributed by atoms with Gasteiger partial charge in [-0.2, -0.15) is 11.8 Å². The van der Waals surface area contributed by atoms with Gasteiger partial charge in [0.05, 0.1) is 0 Å².